The van der Waals surface area contributed by atoms with Gasteiger partial charge in [0.05, 0.1) is 0 Å². The number of hydrogen-bond acceptors (Lipinski definition) is 0. The molecule has 0 aromatic heterocycles. The van der Waals surface area contributed by atoms with Gasteiger partial charge in [-0.2, -0.15) is 0 Å². The lowest BCUT2D eigenvalue weighted by Gasteiger charge is -2.15. The molecule has 0 heterocycles. The van der Waals surface area contributed by atoms with Crippen molar-refractivity contribution in [3.63, 3.8) is 0 Å². The lowest BCUT2D eigenvalue weighted by atomic mass is 9.88. The topological polar surface area (TPSA) is 0 Å². The van der Waals surface area contributed by atoms with E-state index in [2.05, 4.69) is 97.9 Å². The Bertz CT molecular complexity index is 1330. The van der Waals surface area contributed by atoms with Gasteiger partial charge in [0.2, 0.25) is 0 Å². The highest BCUT2D eigenvalue weighted by Crippen LogP contribution is 2.45. The van der Waals surface area contributed by atoms with E-state index in [0.29, 0.717) is 0 Å². The average molecular weight is 356 g/mol. The first-order valence-electron chi connectivity index (χ1n) is 9.93. The van der Waals surface area contributed by atoms with Gasteiger partial charge < -0.3 is 0 Å². The first-order valence-corrected chi connectivity index (χ1v) is 9.93. The van der Waals surface area contributed by atoms with Gasteiger partial charge >= 0.3 is 0 Å². The maximum Gasteiger partial charge on any atom is -0.000465 e. The Labute approximate surface area is 165 Å². The van der Waals surface area contributed by atoms with E-state index in [1.165, 1.54) is 60.5 Å². The highest BCUT2D eigenvalue weighted by molar-refractivity contribution is 6.13. The standard InChI is InChI=1S/C28H20/c1-18-8-6-13-23-24-14-7-15-25(27(24)17-26(18)23)28-21-11-4-2-9-19(21)16-20-10-3-5-12-22(20)28/h2-16H,17H2,1H3. The van der Waals surface area contributed by atoms with Crippen molar-refractivity contribution in [3.05, 3.63) is 108 Å². The molecule has 0 bridgehead atoms. The maximum atomic E-state index is 2.32. The lowest BCUT2D eigenvalue weighted by molar-refractivity contribution is 1.22. The third-order valence-electron chi connectivity index (χ3n) is 6.27. The summed E-state index contributed by atoms with van der Waals surface area (Å²) in [7, 11) is 0. The quantitative estimate of drug-likeness (QED) is 0.267. The number of aryl methyl sites for hydroxylation is 1. The van der Waals surface area contributed by atoms with E-state index >= 15 is 0 Å². The van der Waals surface area contributed by atoms with E-state index in [4.69, 9.17) is 0 Å². The van der Waals surface area contributed by atoms with Crippen LogP contribution in [0.5, 0.6) is 0 Å². The predicted molar refractivity (Wildman–Crippen MR) is 120 cm³/mol. The van der Waals surface area contributed by atoms with E-state index in [1.807, 2.05) is 0 Å². The minimum Gasteiger partial charge on any atom is -0.0616 e. The van der Waals surface area contributed by atoms with Crippen LogP contribution in [0.15, 0.2) is 91.0 Å². The van der Waals surface area contributed by atoms with E-state index in [9.17, 15) is 0 Å². The molecule has 0 atom stereocenters. The molecule has 0 saturated heterocycles. The van der Waals surface area contributed by atoms with E-state index < -0.39 is 0 Å². The second kappa shape index (κ2) is 5.81. The summed E-state index contributed by atoms with van der Waals surface area (Å²) >= 11 is 0. The number of hydrogen-bond donors (Lipinski definition) is 0. The molecule has 28 heavy (non-hydrogen) atoms. The van der Waals surface area contributed by atoms with Gasteiger partial charge in [-0.05, 0) is 79.9 Å². The van der Waals surface area contributed by atoms with Gasteiger partial charge in [-0.15, -0.1) is 0 Å². The minimum absolute atomic E-state index is 1.02. The first-order chi connectivity index (χ1) is 13.8. The largest absolute Gasteiger partial charge is 0.0616 e. The molecular weight excluding hydrogens is 336 g/mol. The molecule has 0 saturated carbocycles. The van der Waals surface area contributed by atoms with Crippen molar-refractivity contribution in [1.29, 1.82) is 0 Å². The summed E-state index contributed by atoms with van der Waals surface area (Å²) in [6.45, 7) is 2.23. The predicted octanol–water partition coefficient (Wildman–Crippen LogP) is 7.54. The van der Waals surface area contributed by atoms with Crippen LogP contribution in [0.3, 0.4) is 0 Å². The third kappa shape index (κ3) is 2.12. The van der Waals surface area contributed by atoms with Crippen molar-refractivity contribution in [2.45, 2.75) is 13.3 Å². The smallest absolute Gasteiger partial charge is 0.000465 e. The summed E-state index contributed by atoms with van der Waals surface area (Å²) in [5, 5.41) is 5.28. The molecule has 1 aliphatic carbocycles. The molecule has 132 valence electrons. The Morgan fingerprint density at radius 3 is 1.82 bits per heavy atom. The van der Waals surface area contributed by atoms with Gasteiger partial charge in [0.25, 0.3) is 0 Å². The van der Waals surface area contributed by atoms with Gasteiger partial charge in [-0.3, -0.25) is 0 Å². The summed E-state index contributed by atoms with van der Waals surface area (Å²) in [6, 6.07) is 33.4. The number of rotatable bonds is 1. The molecule has 0 aliphatic heterocycles. The van der Waals surface area contributed by atoms with Crippen molar-refractivity contribution in [3.8, 4) is 22.3 Å². The van der Waals surface area contributed by atoms with Crippen LogP contribution >= 0.6 is 0 Å². The van der Waals surface area contributed by atoms with Crippen LogP contribution in [0, 0.1) is 6.92 Å². The Morgan fingerprint density at radius 2 is 1.11 bits per heavy atom. The molecule has 0 spiro atoms. The third-order valence-corrected chi connectivity index (χ3v) is 6.27. The molecule has 0 fully saturated rings. The molecule has 0 N–H and O–H groups in total. The van der Waals surface area contributed by atoms with Crippen LogP contribution in [-0.2, 0) is 6.42 Å². The van der Waals surface area contributed by atoms with Crippen LogP contribution in [0.2, 0.25) is 0 Å². The van der Waals surface area contributed by atoms with E-state index in [1.54, 1.807) is 0 Å². The first kappa shape index (κ1) is 15.7. The van der Waals surface area contributed by atoms with Crippen LogP contribution in [0.4, 0.5) is 0 Å². The second-order valence-corrected chi connectivity index (χ2v) is 7.80. The molecule has 1 aliphatic rings. The molecule has 0 amide bonds. The zero-order valence-corrected chi connectivity index (χ0v) is 15.9. The van der Waals surface area contributed by atoms with Gasteiger partial charge in [0.15, 0.2) is 0 Å². The number of benzene rings is 5. The van der Waals surface area contributed by atoms with Crippen LogP contribution in [-0.4, -0.2) is 0 Å². The Hall–Kier alpha value is -3.38. The van der Waals surface area contributed by atoms with Crippen molar-refractivity contribution < 1.29 is 0 Å². The minimum atomic E-state index is 1.02. The summed E-state index contributed by atoms with van der Waals surface area (Å²) < 4.78 is 0. The van der Waals surface area contributed by atoms with Gasteiger partial charge in [-0.25, -0.2) is 0 Å². The summed E-state index contributed by atoms with van der Waals surface area (Å²) in [6.07, 6.45) is 1.02. The van der Waals surface area contributed by atoms with Gasteiger partial charge in [0.1, 0.15) is 0 Å². The van der Waals surface area contributed by atoms with E-state index in [0.717, 1.165) is 6.42 Å². The zero-order chi connectivity index (χ0) is 18.7. The molecule has 5 aromatic rings. The Balaban J connectivity index is 1.74. The van der Waals surface area contributed by atoms with Crippen molar-refractivity contribution in [2.75, 3.05) is 0 Å². The fourth-order valence-electron chi connectivity index (χ4n) is 4.93. The lowest BCUT2D eigenvalue weighted by Crippen LogP contribution is -1.91. The fraction of sp³-hybridized carbons (Fsp3) is 0.0714. The molecule has 0 nitrogen and oxygen atoms in total. The summed E-state index contributed by atoms with van der Waals surface area (Å²) in [5.74, 6) is 0. The molecule has 5 aromatic carbocycles. The monoisotopic (exact) mass is 356 g/mol. The SMILES string of the molecule is Cc1cccc2c1Cc1c-2cccc1-c1c2ccccc2cc2ccccc12. The van der Waals surface area contributed by atoms with E-state index in [-0.39, 0.29) is 0 Å². The van der Waals surface area contributed by atoms with Crippen LogP contribution in [0.1, 0.15) is 16.7 Å². The Kier molecular flexibility index (Phi) is 3.25. The molecular formula is C28H20. The van der Waals surface area contributed by atoms with Gasteiger partial charge in [0, 0.05) is 0 Å². The fourth-order valence-corrected chi connectivity index (χ4v) is 4.93. The highest BCUT2D eigenvalue weighted by Gasteiger charge is 2.24. The normalized spacial score (nSPS) is 12.3. The summed E-state index contributed by atoms with van der Waals surface area (Å²) in [4.78, 5) is 0. The summed E-state index contributed by atoms with van der Waals surface area (Å²) in [5.41, 5.74) is 9.89. The zero-order valence-electron chi connectivity index (χ0n) is 15.9. The Morgan fingerprint density at radius 1 is 0.536 bits per heavy atom. The van der Waals surface area contributed by atoms with Crippen molar-refractivity contribution >= 4 is 21.5 Å². The van der Waals surface area contributed by atoms with Crippen molar-refractivity contribution in [1.82, 2.24) is 0 Å². The molecule has 0 heteroatoms. The average Bonchev–Trinajstić information content (AvgIpc) is 3.12. The highest BCUT2D eigenvalue weighted by atomic mass is 14.3. The van der Waals surface area contributed by atoms with Crippen LogP contribution in [0.25, 0.3) is 43.8 Å². The molecule has 0 unspecified atom stereocenters. The second-order valence-electron chi connectivity index (χ2n) is 7.80. The molecule has 0 radical (unpaired) electrons. The van der Waals surface area contributed by atoms with Crippen LogP contribution < -0.4 is 0 Å². The maximum absolute atomic E-state index is 2.32. The van der Waals surface area contributed by atoms with Gasteiger partial charge in [-0.1, -0.05) is 84.9 Å². The number of fused-ring (bicyclic) bond motifs is 5. The molecule has 6 rings (SSSR count). The van der Waals surface area contributed by atoms with Crippen molar-refractivity contribution in [2.24, 2.45) is 0 Å².